The molecule has 3 aliphatic rings. The van der Waals surface area contributed by atoms with Crippen LogP contribution in [0.15, 0.2) is 48.8 Å². The fourth-order valence-corrected chi connectivity index (χ4v) is 5.05. The third-order valence-corrected chi connectivity index (χ3v) is 6.98. The highest BCUT2D eigenvalue weighted by atomic mass is 19.2. The molecule has 2 aromatic carbocycles. The van der Waals surface area contributed by atoms with Gasteiger partial charge in [-0.05, 0) is 24.6 Å². The molecule has 11 heteroatoms. The summed E-state index contributed by atoms with van der Waals surface area (Å²) in [7, 11) is 0. The Labute approximate surface area is 217 Å². The lowest BCUT2D eigenvalue weighted by atomic mass is 10.1. The van der Waals surface area contributed by atoms with E-state index in [2.05, 4.69) is 25.5 Å². The van der Waals surface area contributed by atoms with Crippen molar-refractivity contribution in [3.8, 4) is 5.75 Å². The molecule has 3 aromatic rings. The summed E-state index contributed by atoms with van der Waals surface area (Å²) in [5.41, 5.74) is 1.32. The van der Waals surface area contributed by atoms with Gasteiger partial charge in [0.05, 0.1) is 37.1 Å². The second-order valence-electron chi connectivity index (χ2n) is 9.64. The first-order chi connectivity index (χ1) is 18.5. The van der Waals surface area contributed by atoms with Crippen LogP contribution in [0.1, 0.15) is 12.8 Å². The second-order valence-corrected chi connectivity index (χ2v) is 9.64. The number of anilines is 3. The van der Waals surface area contributed by atoms with Crippen LogP contribution >= 0.6 is 0 Å². The second kappa shape index (κ2) is 10.6. The monoisotopic (exact) mass is 523 g/mol. The van der Waals surface area contributed by atoms with Crippen LogP contribution in [0, 0.1) is 11.6 Å². The highest BCUT2D eigenvalue weighted by molar-refractivity contribution is 6.03. The van der Waals surface area contributed by atoms with Crippen LogP contribution < -0.4 is 15.4 Å². The van der Waals surface area contributed by atoms with Crippen molar-refractivity contribution in [2.24, 2.45) is 0 Å². The zero-order valence-electron chi connectivity index (χ0n) is 20.5. The molecule has 198 valence electrons. The Morgan fingerprint density at radius 1 is 1.18 bits per heavy atom. The quantitative estimate of drug-likeness (QED) is 0.431. The van der Waals surface area contributed by atoms with Crippen LogP contribution in [0.25, 0.3) is 10.9 Å². The van der Waals surface area contributed by atoms with Crippen molar-refractivity contribution in [3.05, 3.63) is 60.4 Å². The molecule has 3 fully saturated rings. The maximum atomic E-state index is 13.8. The molecule has 3 atom stereocenters. The van der Waals surface area contributed by atoms with Crippen molar-refractivity contribution < 1.29 is 27.8 Å². The van der Waals surface area contributed by atoms with Crippen molar-refractivity contribution in [1.29, 1.82) is 0 Å². The molecule has 6 rings (SSSR count). The molecule has 0 unspecified atom stereocenters. The van der Waals surface area contributed by atoms with Gasteiger partial charge in [-0.2, -0.15) is 0 Å². The number of hydrogen-bond donors (Lipinski definition) is 2. The minimum atomic E-state index is -0.975. The van der Waals surface area contributed by atoms with Crippen molar-refractivity contribution in [2.75, 3.05) is 43.5 Å². The molecule has 0 aliphatic carbocycles. The molecule has 3 saturated heterocycles. The van der Waals surface area contributed by atoms with Crippen LogP contribution in [0.4, 0.5) is 26.0 Å². The Morgan fingerprint density at radius 2 is 2.11 bits per heavy atom. The van der Waals surface area contributed by atoms with E-state index in [0.717, 1.165) is 38.1 Å². The summed E-state index contributed by atoms with van der Waals surface area (Å²) in [6.07, 6.45) is 6.67. The smallest absolute Gasteiger partial charge is 0.248 e. The fourth-order valence-electron chi connectivity index (χ4n) is 5.05. The van der Waals surface area contributed by atoms with Crippen molar-refractivity contribution in [1.82, 2.24) is 14.9 Å². The van der Waals surface area contributed by atoms with E-state index < -0.39 is 11.6 Å². The van der Waals surface area contributed by atoms with Gasteiger partial charge in [0.15, 0.2) is 11.6 Å². The van der Waals surface area contributed by atoms with E-state index in [1.54, 1.807) is 12.1 Å². The highest BCUT2D eigenvalue weighted by Gasteiger charge is 2.38. The number of fused-ring (bicyclic) bond motifs is 3. The topological polar surface area (TPSA) is 97.8 Å². The summed E-state index contributed by atoms with van der Waals surface area (Å²) < 4.78 is 44.4. The van der Waals surface area contributed by atoms with Gasteiger partial charge in [0, 0.05) is 54.8 Å². The minimum absolute atomic E-state index is 0.145. The predicted molar refractivity (Wildman–Crippen MR) is 137 cm³/mol. The van der Waals surface area contributed by atoms with Gasteiger partial charge in [-0.15, -0.1) is 0 Å². The Morgan fingerprint density at radius 3 is 2.87 bits per heavy atom. The maximum Gasteiger partial charge on any atom is 0.248 e. The van der Waals surface area contributed by atoms with Crippen LogP contribution in [0.5, 0.6) is 5.75 Å². The number of carbonyl (C=O) groups is 1. The summed E-state index contributed by atoms with van der Waals surface area (Å²) in [4.78, 5) is 23.8. The minimum Gasteiger partial charge on any atom is -0.486 e. The molecular formula is C27H27F2N5O4. The SMILES string of the molecule is O=C(/C=C/CN1C[C@H]2C[C@@H]1CO2)Nc1cc2c(Nc3ccc(F)c(F)c3)ncnc2cc1O[C@H]1CCOC1. The summed E-state index contributed by atoms with van der Waals surface area (Å²) in [5.74, 6) is -1.39. The first kappa shape index (κ1) is 24.7. The Hall–Kier alpha value is -3.67. The number of likely N-dealkylation sites (tertiary alicyclic amines) is 1. The number of nitrogens with zero attached hydrogens (tertiary/aromatic N) is 3. The number of halogens is 2. The fraction of sp³-hybridized carbons (Fsp3) is 0.370. The molecule has 0 radical (unpaired) electrons. The predicted octanol–water partition coefficient (Wildman–Crippen LogP) is 3.79. The molecular weight excluding hydrogens is 496 g/mol. The van der Waals surface area contributed by atoms with E-state index in [4.69, 9.17) is 14.2 Å². The molecule has 1 amide bonds. The number of rotatable bonds is 8. The first-order valence-corrected chi connectivity index (χ1v) is 12.6. The van der Waals surface area contributed by atoms with Gasteiger partial charge in [0.2, 0.25) is 5.91 Å². The lowest BCUT2D eigenvalue weighted by Crippen LogP contribution is -2.36. The Balaban J connectivity index is 1.25. The molecule has 3 aliphatic heterocycles. The number of hydrogen-bond acceptors (Lipinski definition) is 8. The molecule has 2 N–H and O–H groups in total. The molecule has 38 heavy (non-hydrogen) atoms. The third-order valence-electron chi connectivity index (χ3n) is 6.98. The van der Waals surface area contributed by atoms with Gasteiger partial charge in [-0.25, -0.2) is 18.7 Å². The normalized spacial score (nSPS) is 22.9. The third kappa shape index (κ3) is 5.31. The summed E-state index contributed by atoms with van der Waals surface area (Å²) in [6.45, 7) is 3.37. The van der Waals surface area contributed by atoms with Gasteiger partial charge >= 0.3 is 0 Å². The van der Waals surface area contributed by atoms with Gasteiger partial charge in [0.25, 0.3) is 0 Å². The number of morpholine rings is 1. The van der Waals surface area contributed by atoms with Gasteiger partial charge in [-0.3, -0.25) is 9.69 Å². The zero-order chi connectivity index (χ0) is 26.1. The molecule has 0 spiro atoms. The zero-order valence-corrected chi connectivity index (χ0v) is 20.5. The van der Waals surface area contributed by atoms with E-state index in [1.165, 1.54) is 18.5 Å². The number of ether oxygens (including phenoxy) is 3. The van der Waals surface area contributed by atoms with Gasteiger partial charge < -0.3 is 24.8 Å². The largest absolute Gasteiger partial charge is 0.486 e. The Kier molecular flexibility index (Phi) is 6.88. The lowest BCUT2D eigenvalue weighted by molar-refractivity contribution is -0.111. The average Bonchev–Trinajstić information content (AvgIpc) is 3.66. The van der Waals surface area contributed by atoms with Crippen molar-refractivity contribution in [3.63, 3.8) is 0 Å². The van der Waals surface area contributed by atoms with Crippen molar-refractivity contribution >= 4 is 34.0 Å². The van der Waals surface area contributed by atoms with Gasteiger partial charge in [0.1, 0.15) is 24.0 Å². The van der Waals surface area contributed by atoms with E-state index in [1.807, 2.05) is 6.08 Å². The number of benzene rings is 2. The van der Waals surface area contributed by atoms with Crippen LogP contribution in [-0.4, -0.2) is 71.9 Å². The first-order valence-electron chi connectivity index (χ1n) is 12.6. The van der Waals surface area contributed by atoms with Crippen LogP contribution in [0.3, 0.4) is 0 Å². The van der Waals surface area contributed by atoms with E-state index in [-0.39, 0.29) is 12.0 Å². The number of carbonyl (C=O) groups excluding carboxylic acids is 1. The standard InChI is InChI=1S/C27H27F2N5O4/c28-21-4-3-16(8-22(21)29)32-27-20-10-24(25(11-23(20)30-15-31-27)38-18-5-7-36-14-18)33-26(35)2-1-6-34-12-19-9-17(34)13-37-19/h1-4,8,10-11,15,17-19H,5-7,9,12-14H2,(H,33,35)(H,30,31,32)/b2-1+/t17-,18+,19-/m1/s1. The number of amides is 1. The molecule has 2 bridgehead atoms. The summed E-state index contributed by atoms with van der Waals surface area (Å²) in [6, 6.07) is 7.36. The maximum absolute atomic E-state index is 13.8. The molecule has 4 heterocycles. The molecule has 1 aromatic heterocycles. The number of aromatic nitrogens is 2. The summed E-state index contributed by atoms with van der Waals surface area (Å²) in [5, 5.41) is 6.49. The lowest BCUT2D eigenvalue weighted by Gasteiger charge is -2.25. The van der Waals surface area contributed by atoms with Crippen LogP contribution in [-0.2, 0) is 14.3 Å². The van der Waals surface area contributed by atoms with E-state index in [0.29, 0.717) is 65.7 Å². The highest BCUT2D eigenvalue weighted by Crippen LogP contribution is 2.35. The van der Waals surface area contributed by atoms with Crippen molar-refractivity contribution in [2.45, 2.75) is 31.1 Å². The molecule has 0 saturated carbocycles. The van der Waals surface area contributed by atoms with E-state index in [9.17, 15) is 13.6 Å². The average molecular weight is 524 g/mol. The van der Waals surface area contributed by atoms with Gasteiger partial charge in [-0.1, -0.05) is 6.08 Å². The number of nitrogens with one attached hydrogen (secondary N) is 2. The Bertz CT molecular complexity index is 1380. The summed E-state index contributed by atoms with van der Waals surface area (Å²) >= 11 is 0. The van der Waals surface area contributed by atoms with E-state index >= 15 is 0 Å². The molecule has 9 nitrogen and oxygen atoms in total. The van der Waals surface area contributed by atoms with Crippen LogP contribution in [0.2, 0.25) is 0 Å².